The van der Waals surface area contributed by atoms with E-state index < -0.39 is 17.7 Å². The van der Waals surface area contributed by atoms with Gasteiger partial charge in [-0.1, -0.05) is 18.2 Å². The maximum Gasteiger partial charge on any atom is 0.416 e. The van der Waals surface area contributed by atoms with E-state index in [4.69, 9.17) is 0 Å². The van der Waals surface area contributed by atoms with Crippen molar-refractivity contribution < 1.29 is 22.7 Å². The van der Waals surface area contributed by atoms with Crippen molar-refractivity contribution in [1.82, 2.24) is 0 Å². The molecule has 0 fully saturated rings. The van der Waals surface area contributed by atoms with E-state index in [2.05, 4.69) is 20.7 Å². The molecule has 0 saturated carbocycles. The van der Waals surface area contributed by atoms with E-state index >= 15 is 0 Å². The summed E-state index contributed by atoms with van der Waals surface area (Å²) in [6.07, 6.45) is -4.37. The number of ether oxygens (including phenoxy) is 1. The summed E-state index contributed by atoms with van der Waals surface area (Å²) in [5.41, 5.74) is 0.819. The lowest BCUT2D eigenvalue weighted by molar-refractivity contribution is -0.137. The van der Waals surface area contributed by atoms with Crippen molar-refractivity contribution in [3.05, 3.63) is 58.1 Å². The zero-order valence-corrected chi connectivity index (χ0v) is 12.5. The number of halogens is 4. The van der Waals surface area contributed by atoms with E-state index in [0.29, 0.717) is 21.2 Å². The summed E-state index contributed by atoms with van der Waals surface area (Å²) in [7, 11) is 1.26. The maximum atomic E-state index is 12.5. The third-order valence-corrected chi connectivity index (χ3v) is 3.61. The first-order valence-corrected chi connectivity index (χ1v) is 6.67. The van der Waals surface area contributed by atoms with Crippen LogP contribution in [0.4, 0.5) is 13.2 Å². The lowest BCUT2D eigenvalue weighted by Crippen LogP contribution is -2.04. The molecule has 0 atom stereocenters. The third-order valence-electron chi connectivity index (χ3n) is 2.92. The van der Waals surface area contributed by atoms with Gasteiger partial charge < -0.3 is 4.74 Å². The Balaban J connectivity index is 2.41. The fraction of sp³-hybridized carbons (Fsp3) is 0.133. The van der Waals surface area contributed by atoms with Gasteiger partial charge in [0.1, 0.15) is 0 Å². The number of hydrogen-bond donors (Lipinski definition) is 0. The quantitative estimate of drug-likeness (QED) is 0.712. The highest BCUT2D eigenvalue weighted by molar-refractivity contribution is 9.10. The van der Waals surface area contributed by atoms with Crippen LogP contribution in [-0.2, 0) is 10.9 Å². The molecule has 0 unspecified atom stereocenters. The number of esters is 1. The predicted molar refractivity (Wildman–Crippen MR) is 75.9 cm³/mol. The second-order valence-electron chi connectivity index (χ2n) is 4.26. The van der Waals surface area contributed by atoms with Crippen molar-refractivity contribution in [3.8, 4) is 11.1 Å². The Labute approximate surface area is 127 Å². The van der Waals surface area contributed by atoms with Crippen molar-refractivity contribution in [2.45, 2.75) is 6.18 Å². The summed E-state index contributed by atoms with van der Waals surface area (Å²) in [4.78, 5) is 11.6. The number of carbonyl (C=O) groups excluding carboxylic acids is 1. The Bertz CT molecular complexity index is 664. The fourth-order valence-corrected chi connectivity index (χ4v) is 2.23. The fourth-order valence-electron chi connectivity index (χ4n) is 1.82. The highest BCUT2D eigenvalue weighted by Gasteiger charge is 2.30. The van der Waals surface area contributed by atoms with Gasteiger partial charge in [-0.2, -0.15) is 13.2 Å². The van der Waals surface area contributed by atoms with E-state index in [1.807, 2.05) is 0 Å². The van der Waals surface area contributed by atoms with Crippen LogP contribution in [0.3, 0.4) is 0 Å². The zero-order chi connectivity index (χ0) is 15.6. The minimum Gasteiger partial charge on any atom is -0.465 e. The van der Waals surface area contributed by atoms with Gasteiger partial charge in [-0.05, 0) is 51.3 Å². The molecule has 0 aliphatic heterocycles. The number of rotatable bonds is 2. The van der Waals surface area contributed by atoms with E-state index in [9.17, 15) is 18.0 Å². The maximum absolute atomic E-state index is 12.5. The van der Waals surface area contributed by atoms with Crippen molar-refractivity contribution in [1.29, 1.82) is 0 Å². The largest absolute Gasteiger partial charge is 0.465 e. The second kappa shape index (κ2) is 5.89. The van der Waals surface area contributed by atoms with Crippen molar-refractivity contribution in [2.24, 2.45) is 0 Å². The van der Waals surface area contributed by atoms with Gasteiger partial charge in [-0.25, -0.2) is 4.79 Å². The zero-order valence-electron chi connectivity index (χ0n) is 10.9. The molecule has 110 valence electrons. The molecule has 6 heteroatoms. The summed E-state index contributed by atoms with van der Waals surface area (Å²) in [5.74, 6) is -0.518. The van der Waals surface area contributed by atoms with Crippen LogP contribution in [0.15, 0.2) is 46.9 Å². The van der Waals surface area contributed by atoms with Gasteiger partial charge in [0.15, 0.2) is 0 Å². The number of carbonyl (C=O) groups is 1. The highest BCUT2D eigenvalue weighted by atomic mass is 79.9. The lowest BCUT2D eigenvalue weighted by atomic mass is 10.0. The summed E-state index contributed by atoms with van der Waals surface area (Å²) in [6, 6.07) is 9.68. The summed E-state index contributed by atoms with van der Waals surface area (Å²) in [5, 5.41) is 0. The SMILES string of the molecule is COC(=O)c1cc(-c2ccc(C(F)(F)F)cc2)ccc1Br. The van der Waals surface area contributed by atoms with Gasteiger partial charge >= 0.3 is 12.1 Å². The molecule has 0 N–H and O–H groups in total. The highest BCUT2D eigenvalue weighted by Crippen LogP contribution is 2.32. The first kappa shape index (κ1) is 15.6. The summed E-state index contributed by atoms with van der Waals surface area (Å²) in [6.45, 7) is 0. The van der Waals surface area contributed by atoms with Crippen LogP contribution < -0.4 is 0 Å². The van der Waals surface area contributed by atoms with Crippen molar-refractivity contribution in [2.75, 3.05) is 7.11 Å². The van der Waals surface area contributed by atoms with E-state index in [0.717, 1.165) is 12.1 Å². The Kier molecular flexibility index (Phi) is 4.37. The molecule has 0 amide bonds. The molecule has 0 radical (unpaired) electrons. The van der Waals surface area contributed by atoms with Gasteiger partial charge in [0.2, 0.25) is 0 Å². The van der Waals surface area contributed by atoms with Crippen LogP contribution in [0.5, 0.6) is 0 Å². The summed E-state index contributed by atoms with van der Waals surface area (Å²) < 4.78 is 42.8. The van der Waals surface area contributed by atoms with Crippen LogP contribution in [0.25, 0.3) is 11.1 Å². The molecule has 21 heavy (non-hydrogen) atoms. The van der Waals surface area contributed by atoms with Gasteiger partial charge in [-0.3, -0.25) is 0 Å². The average Bonchev–Trinajstić information content (AvgIpc) is 2.46. The Morgan fingerprint density at radius 2 is 1.62 bits per heavy atom. The Morgan fingerprint density at radius 1 is 1.05 bits per heavy atom. The number of alkyl halides is 3. The van der Waals surface area contributed by atoms with Crippen LogP contribution >= 0.6 is 15.9 Å². The van der Waals surface area contributed by atoms with Gasteiger partial charge in [-0.15, -0.1) is 0 Å². The standard InChI is InChI=1S/C15H10BrF3O2/c1-21-14(20)12-8-10(4-7-13(12)16)9-2-5-11(6-3-9)15(17,18)19/h2-8H,1H3. The molecule has 2 nitrogen and oxygen atoms in total. The third kappa shape index (κ3) is 3.44. The Morgan fingerprint density at radius 3 is 2.14 bits per heavy atom. The Hall–Kier alpha value is -1.82. The normalized spacial score (nSPS) is 11.3. The summed E-state index contributed by atoms with van der Waals surface area (Å²) >= 11 is 3.23. The minimum atomic E-state index is -4.37. The number of methoxy groups -OCH3 is 1. The lowest BCUT2D eigenvalue weighted by Gasteiger charge is -2.09. The molecule has 0 spiro atoms. The monoisotopic (exact) mass is 358 g/mol. The molecule has 0 aromatic heterocycles. The van der Waals surface area contributed by atoms with Gasteiger partial charge in [0, 0.05) is 4.47 Å². The van der Waals surface area contributed by atoms with Crippen molar-refractivity contribution >= 4 is 21.9 Å². The van der Waals surface area contributed by atoms with Gasteiger partial charge in [0.25, 0.3) is 0 Å². The minimum absolute atomic E-state index is 0.315. The van der Waals surface area contributed by atoms with Crippen LogP contribution in [0.1, 0.15) is 15.9 Å². The molecular formula is C15H10BrF3O2. The smallest absolute Gasteiger partial charge is 0.416 e. The molecule has 0 saturated heterocycles. The predicted octanol–water partition coefficient (Wildman–Crippen LogP) is 4.92. The van der Waals surface area contributed by atoms with Crippen LogP contribution in [0, 0.1) is 0 Å². The molecule has 2 aromatic carbocycles. The molecular weight excluding hydrogens is 349 g/mol. The van der Waals surface area contributed by atoms with E-state index in [1.54, 1.807) is 18.2 Å². The molecule has 0 aliphatic carbocycles. The second-order valence-corrected chi connectivity index (χ2v) is 5.12. The first-order valence-electron chi connectivity index (χ1n) is 5.88. The number of benzene rings is 2. The molecule has 0 aliphatic rings. The van der Waals surface area contributed by atoms with Gasteiger partial charge in [0.05, 0.1) is 18.2 Å². The molecule has 2 aromatic rings. The molecule has 2 rings (SSSR count). The van der Waals surface area contributed by atoms with Crippen LogP contribution in [0.2, 0.25) is 0 Å². The van der Waals surface area contributed by atoms with E-state index in [-0.39, 0.29) is 0 Å². The first-order chi connectivity index (χ1) is 9.82. The molecule has 0 heterocycles. The topological polar surface area (TPSA) is 26.3 Å². The molecule has 0 bridgehead atoms. The van der Waals surface area contributed by atoms with Crippen LogP contribution in [-0.4, -0.2) is 13.1 Å². The van der Waals surface area contributed by atoms with Crippen molar-refractivity contribution in [3.63, 3.8) is 0 Å². The van der Waals surface area contributed by atoms with E-state index in [1.165, 1.54) is 19.2 Å². The number of hydrogen-bond acceptors (Lipinski definition) is 2. The average molecular weight is 359 g/mol.